The Kier molecular flexibility index (Phi) is 5.35. The highest BCUT2D eigenvalue weighted by Crippen LogP contribution is 2.26. The Bertz CT molecular complexity index is 969. The van der Waals surface area contributed by atoms with Crippen LogP contribution in [-0.4, -0.2) is 38.3 Å². The molecule has 0 bridgehead atoms. The van der Waals surface area contributed by atoms with Crippen molar-refractivity contribution in [2.45, 2.75) is 26.3 Å². The molecule has 0 amide bonds. The van der Waals surface area contributed by atoms with Crippen LogP contribution in [0.25, 0.3) is 5.52 Å². The fraction of sp³-hybridized carbons (Fsp3) is 0.263. The van der Waals surface area contributed by atoms with Gasteiger partial charge in [-0.15, -0.1) is 0 Å². The Morgan fingerprint density at radius 1 is 1.30 bits per heavy atom. The van der Waals surface area contributed by atoms with Crippen LogP contribution in [-0.2, 0) is 20.7 Å². The number of anilines is 1. The summed E-state index contributed by atoms with van der Waals surface area (Å²) in [4.78, 5) is 26.7. The summed E-state index contributed by atoms with van der Waals surface area (Å²) in [6.07, 6.45) is 2.99. The summed E-state index contributed by atoms with van der Waals surface area (Å²) in [6, 6.07) is 9.26. The van der Waals surface area contributed by atoms with E-state index in [0.29, 0.717) is 16.9 Å². The van der Waals surface area contributed by atoms with Gasteiger partial charge in [0, 0.05) is 13.1 Å². The smallest absolute Gasteiger partial charge is 0.307 e. The van der Waals surface area contributed by atoms with Crippen molar-refractivity contribution in [3.63, 3.8) is 0 Å². The number of esters is 1. The van der Waals surface area contributed by atoms with E-state index in [0.717, 1.165) is 11.1 Å². The second kappa shape index (κ2) is 7.86. The first-order valence-electron chi connectivity index (χ1n) is 8.44. The number of rotatable bonds is 7. The van der Waals surface area contributed by atoms with E-state index >= 15 is 0 Å². The highest BCUT2D eigenvalue weighted by atomic mass is 16.5. The Hall–Kier alpha value is -3.42. The average molecular weight is 368 g/mol. The predicted octanol–water partition coefficient (Wildman–Crippen LogP) is 2.38. The van der Waals surface area contributed by atoms with E-state index in [-0.39, 0.29) is 25.0 Å². The maximum absolute atomic E-state index is 11.3. The van der Waals surface area contributed by atoms with Crippen LogP contribution in [0.2, 0.25) is 0 Å². The molecule has 1 atom stereocenters. The zero-order valence-electron chi connectivity index (χ0n) is 15.0. The molecule has 27 heavy (non-hydrogen) atoms. The van der Waals surface area contributed by atoms with Gasteiger partial charge in [0.15, 0.2) is 5.82 Å². The minimum atomic E-state index is -0.909. The number of fused-ring (bicyclic) bond motifs is 1. The van der Waals surface area contributed by atoms with Crippen molar-refractivity contribution in [2.24, 2.45) is 0 Å². The van der Waals surface area contributed by atoms with Gasteiger partial charge in [0.25, 0.3) is 0 Å². The van der Waals surface area contributed by atoms with Crippen LogP contribution in [0.4, 0.5) is 5.82 Å². The minimum Gasteiger partial charge on any atom is -0.481 e. The van der Waals surface area contributed by atoms with E-state index < -0.39 is 5.97 Å². The third kappa shape index (κ3) is 4.22. The van der Waals surface area contributed by atoms with Crippen molar-refractivity contribution in [1.82, 2.24) is 14.6 Å². The molecule has 0 saturated carbocycles. The van der Waals surface area contributed by atoms with E-state index in [1.54, 1.807) is 10.7 Å². The van der Waals surface area contributed by atoms with E-state index in [4.69, 9.17) is 9.84 Å². The van der Waals surface area contributed by atoms with Crippen molar-refractivity contribution >= 4 is 23.3 Å². The fourth-order valence-electron chi connectivity index (χ4n) is 2.93. The topological polar surface area (TPSA) is 106 Å². The number of aliphatic carboxylic acids is 1. The number of carbonyl (C=O) groups excluding carboxylic acids is 1. The molecule has 0 saturated heterocycles. The Morgan fingerprint density at radius 2 is 2.04 bits per heavy atom. The minimum absolute atomic E-state index is 0.0931. The maximum Gasteiger partial charge on any atom is 0.307 e. The van der Waals surface area contributed by atoms with Gasteiger partial charge in [0.2, 0.25) is 0 Å². The van der Waals surface area contributed by atoms with Gasteiger partial charge in [0.05, 0.1) is 12.5 Å². The zero-order valence-corrected chi connectivity index (χ0v) is 15.0. The van der Waals surface area contributed by atoms with Crippen molar-refractivity contribution in [3.8, 4) is 0 Å². The summed E-state index contributed by atoms with van der Waals surface area (Å²) in [5, 5.41) is 16.6. The summed E-state index contributed by atoms with van der Waals surface area (Å²) in [5.41, 5.74) is 3.09. The van der Waals surface area contributed by atoms with Crippen molar-refractivity contribution in [2.75, 3.05) is 11.9 Å². The van der Waals surface area contributed by atoms with Crippen LogP contribution in [0.15, 0.2) is 42.9 Å². The lowest BCUT2D eigenvalue weighted by molar-refractivity contribution is -0.141. The number of aryl methyl sites for hydroxylation is 1. The van der Waals surface area contributed by atoms with Gasteiger partial charge >= 0.3 is 11.9 Å². The lowest BCUT2D eigenvalue weighted by Gasteiger charge is -2.20. The molecule has 140 valence electrons. The van der Waals surface area contributed by atoms with E-state index in [2.05, 4.69) is 15.4 Å². The van der Waals surface area contributed by atoms with Gasteiger partial charge in [-0.25, -0.2) is 9.50 Å². The first-order chi connectivity index (χ1) is 13.0. The number of carboxylic acid groups (broad SMARTS) is 1. The molecule has 0 unspecified atom stereocenters. The molecule has 0 aliphatic heterocycles. The molecule has 0 fully saturated rings. The molecule has 0 aliphatic rings. The first-order valence-corrected chi connectivity index (χ1v) is 8.44. The molecule has 0 radical (unpaired) electrons. The number of ether oxygens (including phenoxy) is 1. The zero-order chi connectivity index (χ0) is 19.4. The van der Waals surface area contributed by atoms with Crippen LogP contribution in [0, 0.1) is 6.92 Å². The summed E-state index contributed by atoms with van der Waals surface area (Å²) in [5.74, 6) is -0.734. The number of carbonyl (C=O) groups is 2. The number of benzene rings is 1. The summed E-state index contributed by atoms with van der Waals surface area (Å²) < 4.78 is 6.81. The Balaban J connectivity index is 1.98. The second-order valence-electron chi connectivity index (χ2n) is 6.16. The average Bonchev–Trinajstić information content (AvgIpc) is 2.95. The number of hydrogen-bond acceptors (Lipinski definition) is 6. The van der Waals surface area contributed by atoms with Gasteiger partial charge in [0.1, 0.15) is 18.5 Å². The molecule has 1 aromatic carbocycles. The van der Waals surface area contributed by atoms with Crippen molar-refractivity contribution < 1.29 is 19.4 Å². The number of hydrogen-bond donors (Lipinski definition) is 2. The standard InChI is InChI=1S/C19H20N4O4/c1-12-15(8-17(25)26)9-23-18(12)19(20-11-21-23)22-16(10-27-13(2)24)14-6-4-3-5-7-14/h3-7,9,11,16H,8,10H2,1-2H3,(H,25,26)(H,20,21,22)/t16-/m1/s1. The van der Waals surface area contributed by atoms with Crippen LogP contribution >= 0.6 is 0 Å². The molecule has 0 aliphatic carbocycles. The Morgan fingerprint density at radius 3 is 2.70 bits per heavy atom. The lowest BCUT2D eigenvalue weighted by Crippen LogP contribution is -2.20. The van der Waals surface area contributed by atoms with E-state index in [1.807, 2.05) is 37.3 Å². The van der Waals surface area contributed by atoms with Crippen LogP contribution in [0.3, 0.4) is 0 Å². The monoisotopic (exact) mass is 368 g/mol. The maximum atomic E-state index is 11.3. The third-order valence-corrected chi connectivity index (χ3v) is 4.24. The number of aromatic nitrogens is 3. The van der Waals surface area contributed by atoms with Gasteiger partial charge in [-0.05, 0) is 23.6 Å². The number of nitrogens with one attached hydrogen (secondary N) is 1. The number of carboxylic acids is 1. The normalized spacial score (nSPS) is 11.9. The molecule has 2 aromatic heterocycles. The molecular formula is C19H20N4O4. The highest BCUT2D eigenvalue weighted by Gasteiger charge is 2.19. The molecule has 8 nitrogen and oxygen atoms in total. The van der Waals surface area contributed by atoms with Crippen LogP contribution < -0.4 is 5.32 Å². The molecular weight excluding hydrogens is 348 g/mol. The van der Waals surface area contributed by atoms with Gasteiger partial charge in [-0.2, -0.15) is 5.10 Å². The molecule has 2 N–H and O–H groups in total. The summed E-state index contributed by atoms with van der Waals surface area (Å²) in [6.45, 7) is 3.34. The van der Waals surface area contributed by atoms with E-state index in [1.165, 1.54) is 13.3 Å². The van der Waals surface area contributed by atoms with Crippen LogP contribution in [0.5, 0.6) is 0 Å². The van der Waals surface area contributed by atoms with Crippen molar-refractivity contribution in [1.29, 1.82) is 0 Å². The quantitative estimate of drug-likeness (QED) is 0.617. The Labute approximate surface area is 155 Å². The molecule has 3 aromatic rings. The molecule has 8 heteroatoms. The first kappa shape index (κ1) is 18.4. The van der Waals surface area contributed by atoms with E-state index in [9.17, 15) is 9.59 Å². The van der Waals surface area contributed by atoms with Crippen molar-refractivity contribution in [3.05, 3.63) is 59.5 Å². The summed E-state index contributed by atoms with van der Waals surface area (Å²) in [7, 11) is 0. The van der Waals surface area contributed by atoms with Crippen LogP contribution in [0.1, 0.15) is 29.7 Å². The highest BCUT2D eigenvalue weighted by molar-refractivity contribution is 5.78. The molecule has 3 rings (SSSR count). The molecule has 0 spiro atoms. The lowest BCUT2D eigenvalue weighted by atomic mass is 10.1. The molecule has 2 heterocycles. The SMILES string of the molecule is CC(=O)OC[C@@H](Nc1ncnn2cc(CC(=O)O)c(C)c12)c1ccccc1. The fourth-order valence-corrected chi connectivity index (χ4v) is 2.93. The third-order valence-electron chi connectivity index (χ3n) is 4.24. The number of nitrogens with zero attached hydrogens (tertiary/aromatic N) is 3. The van der Waals surface area contributed by atoms with Gasteiger partial charge in [-0.3, -0.25) is 9.59 Å². The largest absolute Gasteiger partial charge is 0.481 e. The van der Waals surface area contributed by atoms with Gasteiger partial charge < -0.3 is 15.2 Å². The summed E-state index contributed by atoms with van der Waals surface area (Å²) >= 11 is 0. The van der Waals surface area contributed by atoms with Gasteiger partial charge in [-0.1, -0.05) is 30.3 Å². The second-order valence-corrected chi connectivity index (χ2v) is 6.16. The predicted molar refractivity (Wildman–Crippen MR) is 98.5 cm³/mol.